The van der Waals surface area contributed by atoms with Crippen LogP contribution in [-0.4, -0.2) is 22.8 Å². The minimum Gasteiger partial charge on any atom is -0.341 e. The third kappa shape index (κ3) is 2.70. The summed E-state index contributed by atoms with van der Waals surface area (Å²) in [7, 11) is -1.97. The second-order valence-electron chi connectivity index (χ2n) is 6.72. The first-order valence-corrected chi connectivity index (χ1v) is 10.4. The van der Waals surface area contributed by atoms with E-state index in [2.05, 4.69) is 33.4 Å². The molecule has 0 bridgehead atoms. The van der Waals surface area contributed by atoms with Gasteiger partial charge in [-0.05, 0) is 45.0 Å². The van der Waals surface area contributed by atoms with Crippen molar-refractivity contribution in [3.05, 3.63) is 53.9 Å². The zero-order valence-electron chi connectivity index (χ0n) is 15.8. The van der Waals surface area contributed by atoms with Crippen molar-refractivity contribution in [1.82, 2.24) is 14.3 Å². The number of aromatic nitrogens is 3. The van der Waals surface area contributed by atoms with Crippen LogP contribution in [0, 0.1) is 13.8 Å². The second kappa shape index (κ2) is 6.13. The number of aryl methyl sites for hydroxylation is 3. The summed E-state index contributed by atoms with van der Waals surface area (Å²) in [5.41, 5.74) is 3.89. The lowest BCUT2D eigenvalue weighted by Gasteiger charge is -2.09. The number of fused-ring (bicyclic) bond motifs is 3. The number of hydrogen-bond acceptors (Lipinski definition) is 3. The van der Waals surface area contributed by atoms with Gasteiger partial charge in [0.15, 0.2) is 0 Å². The molecule has 0 atom stereocenters. The normalized spacial score (nSPS) is 12.1. The lowest BCUT2D eigenvalue weighted by molar-refractivity contribution is 0.599. The molecular formula is C20H22N4O2S. The van der Waals surface area contributed by atoms with Crippen LogP contribution in [0.4, 0.5) is 5.69 Å². The van der Waals surface area contributed by atoms with Gasteiger partial charge in [0.05, 0.1) is 11.4 Å². The average Bonchev–Trinajstić information content (AvgIpc) is 3.08. The molecule has 2 aromatic carbocycles. The quantitative estimate of drug-likeness (QED) is 0.581. The molecule has 27 heavy (non-hydrogen) atoms. The van der Waals surface area contributed by atoms with Gasteiger partial charge in [-0.2, -0.15) is 5.10 Å². The molecule has 0 aliphatic heterocycles. The molecule has 0 amide bonds. The van der Waals surface area contributed by atoms with Crippen LogP contribution in [0.5, 0.6) is 0 Å². The van der Waals surface area contributed by atoms with E-state index >= 15 is 0 Å². The highest BCUT2D eigenvalue weighted by atomic mass is 32.2. The fourth-order valence-electron chi connectivity index (χ4n) is 3.81. The summed E-state index contributed by atoms with van der Waals surface area (Å²) in [5, 5.41) is 6.37. The molecule has 0 fully saturated rings. The summed E-state index contributed by atoms with van der Waals surface area (Å²) in [6.07, 6.45) is 0. The Morgan fingerprint density at radius 3 is 2.41 bits per heavy atom. The van der Waals surface area contributed by atoms with Crippen molar-refractivity contribution in [2.45, 2.75) is 32.2 Å². The van der Waals surface area contributed by atoms with Crippen LogP contribution in [0.25, 0.3) is 21.8 Å². The number of nitrogens with one attached hydrogen (secondary N) is 1. The third-order valence-electron chi connectivity index (χ3n) is 5.05. The van der Waals surface area contributed by atoms with Gasteiger partial charge >= 0.3 is 0 Å². The Morgan fingerprint density at radius 2 is 1.74 bits per heavy atom. The highest BCUT2D eigenvalue weighted by Gasteiger charge is 2.24. The predicted molar refractivity (Wildman–Crippen MR) is 109 cm³/mol. The van der Waals surface area contributed by atoms with Gasteiger partial charge in [0.25, 0.3) is 10.0 Å². The van der Waals surface area contributed by atoms with Gasteiger partial charge in [0.1, 0.15) is 4.90 Å². The second-order valence-corrected chi connectivity index (χ2v) is 8.34. The molecule has 140 valence electrons. The summed E-state index contributed by atoms with van der Waals surface area (Å²) in [6, 6.07) is 13.9. The van der Waals surface area contributed by atoms with E-state index in [9.17, 15) is 8.42 Å². The molecule has 4 rings (SSSR count). The molecule has 0 radical (unpaired) electrons. The minimum atomic E-state index is -3.71. The molecular weight excluding hydrogens is 360 g/mol. The molecule has 7 heteroatoms. The van der Waals surface area contributed by atoms with Crippen molar-refractivity contribution in [2.24, 2.45) is 7.05 Å². The van der Waals surface area contributed by atoms with E-state index in [1.54, 1.807) is 25.6 Å². The number of anilines is 1. The third-order valence-corrected chi connectivity index (χ3v) is 6.68. The van der Waals surface area contributed by atoms with E-state index in [0.717, 1.165) is 28.4 Å². The Kier molecular flexibility index (Phi) is 3.99. The van der Waals surface area contributed by atoms with E-state index < -0.39 is 10.0 Å². The van der Waals surface area contributed by atoms with E-state index in [4.69, 9.17) is 0 Å². The van der Waals surface area contributed by atoms with Crippen LogP contribution in [0.3, 0.4) is 0 Å². The fourth-order valence-corrected chi connectivity index (χ4v) is 5.30. The minimum absolute atomic E-state index is 0.237. The first kappa shape index (κ1) is 17.6. The van der Waals surface area contributed by atoms with Crippen LogP contribution >= 0.6 is 0 Å². The van der Waals surface area contributed by atoms with Gasteiger partial charge in [0, 0.05) is 41.1 Å². The van der Waals surface area contributed by atoms with Crippen LogP contribution in [0.1, 0.15) is 18.3 Å². The molecule has 4 aromatic rings. The number of benzene rings is 2. The number of rotatable bonds is 4. The summed E-state index contributed by atoms with van der Waals surface area (Å²) in [6.45, 7) is 6.42. The number of nitrogens with zero attached hydrogens (tertiary/aromatic N) is 3. The maximum atomic E-state index is 12.9. The first-order chi connectivity index (χ1) is 12.8. The molecule has 0 unspecified atom stereocenters. The van der Waals surface area contributed by atoms with Crippen molar-refractivity contribution in [1.29, 1.82) is 0 Å². The first-order valence-electron chi connectivity index (χ1n) is 8.87. The van der Waals surface area contributed by atoms with Gasteiger partial charge in [-0.1, -0.05) is 18.2 Å². The maximum absolute atomic E-state index is 12.9. The predicted octanol–water partition coefficient (Wildman–Crippen LogP) is 3.97. The molecule has 2 aromatic heterocycles. The molecule has 1 N–H and O–H groups in total. The summed E-state index contributed by atoms with van der Waals surface area (Å²) >= 11 is 0. The molecule has 0 aliphatic rings. The van der Waals surface area contributed by atoms with Crippen LogP contribution in [-0.2, 0) is 23.6 Å². The SMILES string of the molecule is CCn1c2ccccc2c2cc(NS(=O)(=O)c3c(C)nn(C)c3C)ccc21. The Hall–Kier alpha value is -2.80. The Bertz CT molecular complexity index is 1280. The van der Waals surface area contributed by atoms with Gasteiger partial charge in [-0.3, -0.25) is 9.40 Å². The smallest absolute Gasteiger partial charge is 0.265 e. The van der Waals surface area contributed by atoms with Gasteiger partial charge in [-0.15, -0.1) is 0 Å². The monoisotopic (exact) mass is 382 g/mol. The fraction of sp³-hybridized carbons (Fsp3) is 0.250. The largest absolute Gasteiger partial charge is 0.341 e. The van der Waals surface area contributed by atoms with Crippen molar-refractivity contribution in [3.8, 4) is 0 Å². The van der Waals surface area contributed by atoms with E-state index in [1.165, 1.54) is 0 Å². The highest BCUT2D eigenvalue weighted by molar-refractivity contribution is 7.92. The van der Waals surface area contributed by atoms with Crippen LogP contribution < -0.4 is 4.72 Å². The van der Waals surface area contributed by atoms with Crippen molar-refractivity contribution < 1.29 is 8.42 Å². The molecule has 6 nitrogen and oxygen atoms in total. The van der Waals surface area contributed by atoms with Crippen molar-refractivity contribution in [2.75, 3.05) is 4.72 Å². The number of hydrogen-bond donors (Lipinski definition) is 1. The Balaban J connectivity index is 1.84. The molecule has 0 spiro atoms. The summed E-state index contributed by atoms with van der Waals surface area (Å²) in [4.78, 5) is 0.237. The zero-order valence-corrected chi connectivity index (χ0v) is 16.6. The molecule has 0 saturated heterocycles. The Labute approximate surface area is 158 Å². The van der Waals surface area contributed by atoms with E-state index in [1.807, 2.05) is 30.3 Å². The van der Waals surface area contributed by atoms with Crippen molar-refractivity contribution >= 4 is 37.5 Å². The van der Waals surface area contributed by atoms with Crippen LogP contribution in [0.15, 0.2) is 47.4 Å². The molecule has 0 aliphatic carbocycles. The van der Waals surface area contributed by atoms with E-state index in [-0.39, 0.29) is 4.90 Å². The van der Waals surface area contributed by atoms with E-state index in [0.29, 0.717) is 17.1 Å². The van der Waals surface area contributed by atoms with Crippen LogP contribution in [0.2, 0.25) is 0 Å². The molecule has 0 saturated carbocycles. The molecule has 2 heterocycles. The van der Waals surface area contributed by atoms with Gasteiger partial charge < -0.3 is 4.57 Å². The number of sulfonamides is 1. The summed E-state index contributed by atoms with van der Waals surface area (Å²) in [5.74, 6) is 0. The van der Waals surface area contributed by atoms with Crippen molar-refractivity contribution in [3.63, 3.8) is 0 Å². The Morgan fingerprint density at radius 1 is 1.04 bits per heavy atom. The standard InChI is InChI=1S/C20H22N4O2S/c1-5-24-18-9-7-6-8-16(18)17-12-15(10-11-19(17)24)22-27(25,26)20-13(2)21-23(4)14(20)3/h6-12,22H,5H2,1-4H3. The van der Waals surface area contributed by atoms with Gasteiger partial charge in [0.2, 0.25) is 0 Å². The highest BCUT2D eigenvalue weighted by Crippen LogP contribution is 2.32. The lowest BCUT2D eigenvalue weighted by Crippen LogP contribution is -2.14. The number of para-hydroxylation sites is 1. The topological polar surface area (TPSA) is 68.9 Å². The van der Waals surface area contributed by atoms with Gasteiger partial charge in [-0.25, -0.2) is 8.42 Å². The average molecular weight is 382 g/mol. The maximum Gasteiger partial charge on any atom is 0.265 e. The summed E-state index contributed by atoms with van der Waals surface area (Å²) < 4.78 is 32.4. The lowest BCUT2D eigenvalue weighted by atomic mass is 10.1. The zero-order chi connectivity index (χ0) is 19.3.